The van der Waals surface area contributed by atoms with Gasteiger partial charge in [-0.3, -0.25) is 14.5 Å². The van der Waals surface area contributed by atoms with Gasteiger partial charge in [-0.05, 0) is 93.1 Å². The summed E-state index contributed by atoms with van der Waals surface area (Å²) in [5, 5.41) is 5.70. The molecule has 192 valence electrons. The van der Waals surface area contributed by atoms with Crippen LogP contribution in [0.1, 0.15) is 42.0 Å². The number of carbonyl (C=O) groups is 2. The Labute approximate surface area is 211 Å². The van der Waals surface area contributed by atoms with E-state index in [9.17, 15) is 18.0 Å². The van der Waals surface area contributed by atoms with Crippen LogP contribution >= 0.6 is 0 Å². The molecular formula is C26H32N4O5S. The van der Waals surface area contributed by atoms with Crippen molar-refractivity contribution in [3.8, 4) is 0 Å². The topological polar surface area (TPSA) is 112 Å². The molecule has 36 heavy (non-hydrogen) atoms. The molecule has 3 aliphatic rings. The van der Waals surface area contributed by atoms with E-state index in [4.69, 9.17) is 4.42 Å². The molecule has 0 radical (unpaired) electrons. The molecule has 1 aliphatic carbocycles. The molecule has 0 spiro atoms. The summed E-state index contributed by atoms with van der Waals surface area (Å²) < 4.78 is 33.7. The molecule has 2 unspecified atom stereocenters. The van der Waals surface area contributed by atoms with Crippen LogP contribution in [0.5, 0.6) is 0 Å². The quantitative estimate of drug-likeness (QED) is 0.526. The van der Waals surface area contributed by atoms with Crippen LogP contribution in [0.25, 0.3) is 0 Å². The number of sulfonamides is 1. The Hall–Kier alpha value is -2.95. The van der Waals surface area contributed by atoms with Crippen LogP contribution in [0, 0.1) is 11.8 Å². The normalized spacial score (nSPS) is 24.5. The predicted molar refractivity (Wildman–Crippen MR) is 135 cm³/mol. The first kappa shape index (κ1) is 24.7. The minimum Gasteiger partial charge on any atom is -0.455 e. The van der Waals surface area contributed by atoms with Gasteiger partial charge in [0.1, 0.15) is 5.76 Å². The highest BCUT2D eigenvalue weighted by atomic mass is 32.2. The first-order valence-corrected chi connectivity index (χ1v) is 13.9. The van der Waals surface area contributed by atoms with Crippen LogP contribution in [-0.2, 0) is 21.4 Å². The maximum absolute atomic E-state index is 13.2. The smallest absolute Gasteiger partial charge is 0.291 e. The zero-order chi connectivity index (χ0) is 25.3. The number of benzene rings is 1. The van der Waals surface area contributed by atoms with E-state index >= 15 is 0 Å². The molecule has 2 aliphatic heterocycles. The molecule has 2 amide bonds. The molecule has 2 saturated heterocycles. The average Bonchev–Trinajstić information content (AvgIpc) is 3.65. The molecule has 2 aromatic rings. The van der Waals surface area contributed by atoms with Gasteiger partial charge in [0.25, 0.3) is 5.91 Å². The largest absolute Gasteiger partial charge is 0.455 e. The van der Waals surface area contributed by atoms with Crippen LogP contribution in [0.15, 0.2) is 58.4 Å². The van der Waals surface area contributed by atoms with Crippen molar-refractivity contribution in [1.82, 2.24) is 14.5 Å². The first-order valence-electron chi connectivity index (χ1n) is 12.5. The average molecular weight is 513 g/mol. The van der Waals surface area contributed by atoms with Crippen molar-refractivity contribution < 1.29 is 22.4 Å². The number of nitrogens with zero attached hydrogens (tertiary/aromatic N) is 2. The van der Waals surface area contributed by atoms with Crippen molar-refractivity contribution in [3.05, 3.63) is 60.6 Å². The van der Waals surface area contributed by atoms with Crippen molar-refractivity contribution in [3.63, 3.8) is 0 Å². The van der Waals surface area contributed by atoms with Gasteiger partial charge in [-0.25, -0.2) is 8.42 Å². The molecule has 2 N–H and O–H groups in total. The van der Waals surface area contributed by atoms with Crippen LogP contribution in [0.3, 0.4) is 0 Å². The molecule has 5 rings (SSSR count). The number of amides is 2. The Morgan fingerprint density at radius 1 is 1.03 bits per heavy atom. The van der Waals surface area contributed by atoms with Crippen LogP contribution in [0.4, 0.5) is 5.69 Å². The summed E-state index contributed by atoms with van der Waals surface area (Å²) in [7, 11) is -3.64. The Kier molecular flexibility index (Phi) is 7.00. The minimum absolute atomic E-state index is 0.0729. The SMILES string of the molecule is C=CC(=O)NC1CC2CN(S(=O)(=O)c3ccc(NC(=O)c4ccc(CN5CCCC5)o4)cc3)CC2C1. The van der Waals surface area contributed by atoms with Crippen molar-refractivity contribution in [2.24, 2.45) is 11.8 Å². The summed E-state index contributed by atoms with van der Waals surface area (Å²) in [5.74, 6) is 0.893. The second-order valence-electron chi connectivity index (χ2n) is 9.95. The zero-order valence-corrected chi connectivity index (χ0v) is 21.0. The van der Waals surface area contributed by atoms with Crippen molar-refractivity contribution in [1.29, 1.82) is 0 Å². The summed E-state index contributed by atoms with van der Waals surface area (Å²) in [6, 6.07) is 9.79. The number of furan rings is 1. The third-order valence-electron chi connectivity index (χ3n) is 7.46. The van der Waals surface area contributed by atoms with E-state index in [1.54, 1.807) is 18.2 Å². The molecule has 1 aromatic heterocycles. The second-order valence-corrected chi connectivity index (χ2v) is 11.9. The van der Waals surface area contributed by atoms with Gasteiger partial charge in [0.05, 0.1) is 11.4 Å². The van der Waals surface area contributed by atoms with Gasteiger partial charge in [0, 0.05) is 24.8 Å². The lowest BCUT2D eigenvalue weighted by Gasteiger charge is -2.19. The Morgan fingerprint density at radius 3 is 2.33 bits per heavy atom. The number of nitrogens with one attached hydrogen (secondary N) is 2. The molecule has 1 aromatic carbocycles. The van der Waals surface area contributed by atoms with Gasteiger partial charge < -0.3 is 15.1 Å². The Balaban J connectivity index is 1.16. The van der Waals surface area contributed by atoms with E-state index in [2.05, 4.69) is 22.1 Å². The number of carbonyl (C=O) groups excluding carboxylic acids is 2. The van der Waals surface area contributed by atoms with Gasteiger partial charge in [-0.1, -0.05) is 6.58 Å². The first-order chi connectivity index (χ1) is 17.3. The third kappa shape index (κ3) is 5.25. The highest BCUT2D eigenvalue weighted by molar-refractivity contribution is 7.89. The van der Waals surface area contributed by atoms with E-state index in [-0.39, 0.29) is 40.3 Å². The molecule has 0 bridgehead atoms. The lowest BCUT2D eigenvalue weighted by molar-refractivity contribution is -0.117. The maximum Gasteiger partial charge on any atom is 0.291 e. The van der Waals surface area contributed by atoms with Crippen molar-refractivity contribution in [2.75, 3.05) is 31.5 Å². The number of hydrogen-bond donors (Lipinski definition) is 2. The lowest BCUT2D eigenvalue weighted by atomic mass is 10.0. The molecule has 2 atom stereocenters. The molecule has 9 nitrogen and oxygen atoms in total. The second kappa shape index (κ2) is 10.2. The Morgan fingerprint density at radius 2 is 1.69 bits per heavy atom. The molecule has 3 heterocycles. The van der Waals surface area contributed by atoms with E-state index < -0.39 is 10.0 Å². The van der Waals surface area contributed by atoms with Gasteiger partial charge in [0.2, 0.25) is 15.9 Å². The van der Waals surface area contributed by atoms with Crippen LogP contribution in [0.2, 0.25) is 0 Å². The third-order valence-corrected chi connectivity index (χ3v) is 9.31. The number of anilines is 1. The number of hydrogen-bond acceptors (Lipinski definition) is 6. The van der Waals surface area contributed by atoms with Gasteiger partial charge >= 0.3 is 0 Å². The van der Waals surface area contributed by atoms with E-state index in [1.807, 2.05) is 6.07 Å². The zero-order valence-electron chi connectivity index (χ0n) is 20.2. The summed E-state index contributed by atoms with van der Waals surface area (Å²) in [6.07, 6.45) is 5.18. The van der Waals surface area contributed by atoms with E-state index in [0.29, 0.717) is 25.3 Å². The number of fused-ring (bicyclic) bond motifs is 1. The predicted octanol–water partition coefficient (Wildman–Crippen LogP) is 2.83. The van der Waals surface area contributed by atoms with Crippen molar-refractivity contribution in [2.45, 2.75) is 43.2 Å². The molecule has 3 fully saturated rings. The number of rotatable bonds is 8. The molecule has 1 saturated carbocycles. The van der Waals surface area contributed by atoms with Crippen LogP contribution in [-0.4, -0.2) is 61.7 Å². The number of likely N-dealkylation sites (tertiary alicyclic amines) is 1. The summed E-state index contributed by atoms with van der Waals surface area (Å²) in [6.45, 7) is 7.17. The highest BCUT2D eigenvalue weighted by Gasteiger charge is 2.45. The van der Waals surface area contributed by atoms with Crippen LogP contribution < -0.4 is 10.6 Å². The maximum atomic E-state index is 13.2. The summed E-state index contributed by atoms with van der Waals surface area (Å²) in [4.78, 5) is 26.7. The summed E-state index contributed by atoms with van der Waals surface area (Å²) in [5.41, 5.74) is 0.496. The van der Waals surface area contributed by atoms with E-state index in [0.717, 1.165) is 31.7 Å². The lowest BCUT2D eigenvalue weighted by Crippen LogP contribution is -2.35. The fourth-order valence-electron chi connectivity index (χ4n) is 5.63. The standard InChI is InChI=1S/C26H32N4O5S/c1-2-25(31)27-21-13-18-15-30(16-19(18)14-21)36(33,34)23-8-5-20(6-9-23)28-26(32)24-10-7-22(35-24)17-29-11-3-4-12-29/h2,5-10,18-19,21H,1,3-4,11-17H2,(H,27,31)(H,28,32). The highest BCUT2D eigenvalue weighted by Crippen LogP contribution is 2.40. The Bertz CT molecular complexity index is 1220. The van der Waals surface area contributed by atoms with Gasteiger partial charge in [-0.15, -0.1) is 0 Å². The fourth-order valence-corrected chi connectivity index (χ4v) is 7.18. The molecular weight excluding hydrogens is 480 g/mol. The molecule has 10 heteroatoms. The van der Waals surface area contributed by atoms with Gasteiger partial charge in [-0.2, -0.15) is 4.31 Å². The minimum atomic E-state index is -3.64. The monoisotopic (exact) mass is 512 g/mol. The summed E-state index contributed by atoms with van der Waals surface area (Å²) >= 11 is 0. The van der Waals surface area contributed by atoms with Gasteiger partial charge in [0.15, 0.2) is 5.76 Å². The van der Waals surface area contributed by atoms with E-state index in [1.165, 1.54) is 35.4 Å². The fraction of sp³-hybridized carbons (Fsp3) is 0.462. The van der Waals surface area contributed by atoms with Crippen molar-refractivity contribution >= 4 is 27.5 Å².